The quantitative estimate of drug-likeness (QED) is 0.160. The van der Waals surface area contributed by atoms with Gasteiger partial charge in [-0.1, -0.05) is 0 Å². The molecule has 0 heterocycles. The highest BCUT2D eigenvalue weighted by Gasteiger charge is 1.97. The molecular formula is C8H12ClN5O2. The molecule has 88 valence electrons. The summed E-state index contributed by atoms with van der Waals surface area (Å²) in [6.45, 7) is 0. The molecule has 0 atom stereocenters. The molecule has 0 aromatic heterocycles. The van der Waals surface area contributed by atoms with Gasteiger partial charge in [-0.3, -0.25) is 0 Å². The Bertz CT molecular complexity index is 407. The van der Waals surface area contributed by atoms with Crippen LogP contribution in [-0.4, -0.2) is 22.4 Å². The molecule has 0 aliphatic carbocycles. The fourth-order valence-corrected chi connectivity index (χ4v) is 0.823. The van der Waals surface area contributed by atoms with Crippen LogP contribution in [0.15, 0.2) is 28.4 Å². The van der Waals surface area contributed by atoms with E-state index in [2.05, 4.69) is 15.6 Å². The summed E-state index contributed by atoms with van der Waals surface area (Å²) in [4.78, 5) is 0. The van der Waals surface area contributed by atoms with Crippen LogP contribution in [0.3, 0.4) is 0 Å². The minimum atomic E-state index is -0.223. The Hall–Kier alpha value is -2.15. The van der Waals surface area contributed by atoms with Crippen molar-refractivity contribution >= 4 is 24.6 Å². The smallest absolute Gasteiger partial charge is 0.231 e. The van der Waals surface area contributed by atoms with Crippen LogP contribution in [0.25, 0.3) is 0 Å². The van der Waals surface area contributed by atoms with Crippen molar-refractivity contribution < 1.29 is 10.2 Å². The van der Waals surface area contributed by atoms with E-state index in [0.717, 1.165) is 0 Å². The van der Waals surface area contributed by atoms with E-state index in [1.54, 1.807) is 6.07 Å². The minimum Gasteiger partial charge on any atom is -0.504 e. The van der Waals surface area contributed by atoms with Gasteiger partial charge in [-0.15, -0.1) is 17.5 Å². The topological polar surface area (TPSA) is 129 Å². The molecule has 1 aromatic rings. The summed E-state index contributed by atoms with van der Waals surface area (Å²) in [6.07, 6.45) is 1.39. The second-order valence-corrected chi connectivity index (χ2v) is 2.63. The second kappa shape index (κ2) is 6.36. The summed E-state index contributed by atoms with van der Waals surface area (Å²) in [5, 5.41) is 25.0. The first-order valence-electron chi connectivity index (χ1n) is 3.98. The molecule has 0 fully saturated rings. The zero-order valence-corrected chi connectivity index (χ0v) is 8.98. The molecule has 0 saturated carbocycles. The van der Waals surface area contributed by atoms with Crippen LogP contribution in [0.5, 0.6) is 11.5 Å². The third kappa shape index (κ3) is 3.93. The Kier molecular flexibility index (Phi) is 5.50. The molecule has 0 spiro atoms. The molecule has 0 radical (unpaired) electrons. The number of rotatable bonds is 2. The largest absolute Gasteiger partial charge is 0.504 e. The summed E-state index contributed by atoms with van der Waals surface area (Å²) in [5.41, 5.74) is 8.13. The molecule has 0 aliphatic heterocycles. The lowest BCUT2D eigenvalue weighted by Crippen LogP contribution is -2.28. The first-order chi connectivity index (χ1) is 7.13. The molecule has 16 heavy (non-hydrogen) atoms. The lowest BCUT2D eigenvalue weighted by molar-refractivity contribution is 0.403. The van der Waals surface area contributed by atoms with Crippen LogP contribution in [0, 0.1) is 0 Å². The molecule has 0 saturated heterocycles. The third-order valence-electron chi connectivity index (χ3n) is 1.53. The number of phenols is 2. The van der Waals surface area contributed by atoms with Gasteiger partial charge in [0.15, 0.2) is 11.5 Å². The lowest BCUT2D eigenvalue weighted by atomic mass is 10.2. The van der Waals surface area contributed by atoms with Crippen LogP contribution < -0.4 is 17.0 Å². The van der Waals surface area contributed by atoms with Crippen LogP contribution in [0.2, 0.25) is 0 Å². The zero-order chi connectivity index (χ0) is 11.3. The average Bonchev–Trinajstić information content (AvgIpc) is 2.23. The first kappa shape index (κ1) is 13.8. The molecule has 0 amide bonds. The predicted molar refractivity (Wildman–Crippen MR) is 63.6 cm³/mol. The summed E-state index contributed by atoms with van der Waals surface area (Å²) >= 11 is 0. The normalized spacial score (nSPS) is 11.1. The summed E-state index contributed by atoms with van der Waals surface area (Å²) in [6, 6.07) is 4.25. The van der Waals surface area contributed by atoms with E-state index in [0.29, 0.717) is 5.56 Å². The van der Waals surface area contributed by atoms with Crippen molar-refractivity contribution in [3.8, 4) is 11.5 Å². The van der Waals surface area contributed by atoms with E-state index in [9.17, 15) is 0 Å². The van der Waals surface area contributed by atoms with Gasteiger partial charge in [0.1, 0.15) is 0 Å². The molecule has 0 aliphatic rings. The maximum atomic E-state index is 9.15. The number of halogens is 1. The Morgan fingerprint density at radius 3 is 2.56 bits per heavy atom. The summed E-state index contributed by atoms with van der Waals surface area (Å²) < 4.78 is 0. The van der Waals surface area contributed by atoms with Gasteiger partial charge in [-0.2, -0.15) is 5.10 Å². The van der Waals surface area contributed by atoms with Crippen LogP contribution >= 0.6 is 12.4 Å². The Morgan fingerprint density at radius 2 is 2.00 bits per heavy atom. The SMILES string of the molecule is Cl.NN=C(N)NN=Cc1ccc(O)c(O)c1. The number of benzene rings is 1. The maximum Gasteiger partial charge on any atom is 0.231 e. The van der Waals surface area contributed by atoms with E-state index in [4.69, 9.17) is 21.8 Å². The van der Waals surface area contributed by atoms with Crippen LogP contribution in [-0.2, 0) is 0 Å². The van der Waals surface area contributed by atoms with Crippen molar-refractivity contribution in [2.24, 2.45) is 21.8 Å². The van der Waals surface area contributed by atoms with Crippen molar-refractivity contribution in [1.82, 2.24) is 5.43 Å². The Morgan fingerprint density at radius 1 is 1.31 bits per heavy atom. The zero-order valence-electron chi connectivity index (χ0n) is 8.16. The molecule has 1 aromatic carbocycles. The van der Waals surface area contributed by atoms with Crippen LogP contribution in [0.4, 0.5) is 0 Å². The Balaban J connectivity index is 0.00000225. The molecule has 7 N–H and O–H groups in total. The molecule has 7 nitrogen and oxygen atoms in total. The van der Waals surface area contributed by atoms with Crippen molar-refractivity contribution in [3.05, 3.63) is 23.8 Å². The summed E-state index contributed by atoms with van der Waals surface area (Å²) in [7, 11) is 0. The van der Waals surface area contributed by atoms with E-state index >= 15 is 0 Å². The average molecular weight is 246 g/mol. The molecule has 0 bridgehead atoms. The van der Waals surface area contributed by atoms with E-state index in [1.165, 1.54) is 18.3 Å². The van der Waals surface area contributed by atoms with Crippen molar-refractivity contribution in [1.29, 1.82) is 0 Å². The van der Waals surface area contributed by atoms with Gasteiger partial charge in [0.05, 0.1) is 6.21 Å². The fourth-order valence-electron chi connectivity index (χ4n) is 0.823. The van der Waals surface area contributed by atoms with E-state index in [1.807, 2.05) is 0 Å². The van der Waals surface area contributed by atoms with Crippen molar-refractivity contribution in [3.63, 3.8) is 0 Å². The fraction of sp³-hybridized carbons (Fsp3) is 0. The minimum absolute atomic E-state index is 0. The number of hydrazone groups is 2. The van der Waals surface area contributed by atoms with Gasteiger partial charge >= 0.3 is 0 Å². The second-order valence-electron chi connectivity index (χ2n) is 2.63. The van der Waals surface area contributed by atoms with E-state index < -0.39 is 0 Å². The predicted octanol–water partition coefficient (Wildman–Crippen LogP) is -0.369. The van der Waals surface area contributed by atoms with Crippen molar-refractivity contribution in [2.75, 3.05) is 0 Å². The number of nitrogens with one attached hydrogen (secondary N) is 1. The number of hydrogen-bond donors (Lipinski definition) is 5. The molecular weight excluding hydrogens is 234 g/mol. The molecule has 0 unspecified atom stereocenters. The number of nitrogens with two attached hydrogens (primary N) is 2. The maximum absolute atomic E-state index is 9.15. The summed E-state index contributed by atoms with van der Waals surface area (Å²) in [5.74, 6) is 4.40. The highest BCUT2D eigenvalue weighted by Crippen LogP contribution is 2.23. The first-order valence-corrected chi connectivity index (χ1v) is 3.98. The van der Waals surface area contributed by atoms with Gasteiger partial charge < -0.3 is 21.8 Å². The standard InChI is InChI=1S/C8H11N5O2.ClH/c9-8(12-10)13-11-4-5-1-2-6(14)7(15)3-5;/h1-4,14-15H,10H2,(H3,9,12,13);1H. The monoisotopic (exact) mass is 245 g/mol. The number of aromatic hydroxyl groups is 2. The Labute approximate surface area is 97.9 Å². The number of phenolic OH excluding ortho intramolecular Hbond substituents is 2. The highest BCUT2D eigenvalue weighted by atomic mass is 35.5. The van der Waals surface area contributed by atoms with Crippen molar-refractivity contribution in [2.45, 2.75) is 0 Å². The van der Waals surface area contributed by atoms with E-state index in [-0.39, 0.29) is 29.9 Å². The molecule has 8 heteroatoms. The van der Waals surface area contributed by atoms with Gasteiger partial charge in [0, 0.05) is 0 Å². The van der Waals surface area contributed by atoms with Gasteiger partial charge in [-0.05, 0) is 23.8 Å². The third-order valence-corrected chi connectivity index (χ3v) is 1.53. The van der Waals surface area contributed by atoms with Gasteiger partial charge in [0.25, 0.3) is 0 Å². The molecule has 1 rings (SSSR count). The van der Waals surface area contributed by atoms with Crippen LogP contribution in [0.1, 0.15) is 5.56 Å². The van der Waals surface area contributed by atoms with Gasteiger partial charge in [0.2, 0.25) is 5.96 Å². The highest BCUT2D eigenvalue weighted by molar-refractivity contribution is 5.85. The number of guanidine groups is 1. The van der Waals surface area contributed by atoms with Gasteiger partial charge in [-0.25, -0.2) is 5.43 Å². The lowest BCUT2D eigenvalue weighted by Gasteiger charge is -1.98. The number of nitrogens with zero attached hydrogens (tertiary/aromatic N) is 2. The number of hydrogen-bond acceptors (Lipinski definition) is 5.